The van der Waals surface area contributed by atoms with Gasteiger partial charge >= 0.3 is 0 Å². The lowest BCUT2D eigenvalue weighted by molar-refractivity contribution is 0.102. The van der Waals surface area contributed by atoms with Gasteiger partial charge in [0.25, 0.3) is 5.91 Å². The molecule has 146 valence electrons. The lowest BCUT2D eigenvalue weighted by atomic mass is 10.1. The standard InChI is InChI=1S/C20H26N2O4S/c1-14(2)10-11-21-27(24,25)17-7-5-6-16(13-17)20(23)22-18-12-15(3)8-9-19(18)26-4/h5-9,12-14,21H,10-11H2,1-4H3,(H,22,23). The normalized spacial score (nSPS) is 11.4. The molecule has 0 saturated heterocycles. The molecule has 0 fully saturated rings. The SMILES string of the molecule is COc1ccc(C)cc1NC(=O)c1cccc(S(=O)(=O)NCCC(C)C)c1. The molecule has 7 heteroatoms. The van der Waals surface area contributed by atoms with Crippen molar-refractivity contribution < 1.29 is 17.9 Å². The summed E-state index contributed by atoms with van der Waals surface area (Å²) in [4.78, 5) is 12.7. The second-order valence-electron chi connectivity index (χ2n) is 6.77. The zero-order valence-corrected chi connectivity index (χ0v) is 16.9. The van der Waals surface area contributed by atoms with Gasteiger partial charge in [-0.1, -0.05) is 26.0 Å². The van der Waals surface area contributed by atoms with Crippen LogP contribution in [0, 0.1) is 12.8 Å². The summed E-state index contributed by atoms with van der Waals surface area (Å²) in [7, 11) is -2.13. The molecule has 6 nitrogen and oxygen atoms in total. The van der Waals surface area contributed by atoms with E-state index in [1.165, 1.54) is 19.2 Å². The molecule has 0 saturated carbocycles. The summed E-state index contributed by atoms with van der Waals surface area (Å²) in [5.74, 6) is 0.528. The summed E-state index contributed by atoms with van der Waals surface area (Å²) in [6.45, 7) is 6.32. The average molecular weight is 391 g/mol. The molecular weight excluding hydrogens is 364 g/mol. The van der Waals surface area contributed by atoms with Gasteiger partial charge in [-0.3, -0.25) is 4.79 Å². The Kier molecular flexibility index (Phi) is 6.98. The van der Waals surface area contributed by atoms with Crippen molar-refractivity contribution in [3.05, 3.63) is 53.6 Å². The molecule has 0 unspecified atom stereocenters. The number of sulfonamides is 1. The van der Waals surface area contributed by atoms with Crippen molar-refractivity contribution in [3.63, 3.8) is 0 Å². The van der Waals surface area contributed by atoms with Gasteiger partial charge in [0.05, 0.1) is 17.7 Å². The van der Waals surface area contributed by atoms with Crippen LogP contribution in [-0.2, 0) is 10.0 Å². The second-order valence-corrected chi connectivity index (χ2v) is 8.53. The Labute approximate surface area is 161 Å². The van der Waals surface area contributed by atoms with Crippen LogP contribution in [0.1, 0.15) is 36.2 Å². The highest BCUT2D eigenvalue weighted by molar-refractivity contribution is 7.89. The Bertz CT molecular complexity index is 908. The van der Waals surface area contributed by atoms with E-state index in [1.54, 1.807) is 24.3 Å². The van der Waals surface area contributed by atoms with E-state index in [9.17, 15) is 13.2 Å². The van der Waals surface area contributed by atoms with Crippen molar-refractivity contribution in [2.75, 3.05) is 19.0 Å². The van der Waals surface area contributed by atoms with Crippen LogP contribution in [0.15, 0.2) is 47.4 Å². The molecule has 0 bridgehead atoms. The first kappa shape index (κ1) is 20.9. The number of ether oxygens (including phenoxy) is 1. The highest BCUT2D eigenvalue weighted by atomic mass is 32.2. The Morgan fingerprint density at radius 1 is 1.15 bits per heavy atom. The van der Waals surface area contributed by atoms with Crippen LogP contribution in [0.2, 0.25) is 0 Å². The van der Waals surface area contributed by atoms with E-state index in [-0.39, 0.29) is 10.5 Å². The quantitative estimate of drug-likeness (QED) is 0.721. The number of anilines is 1. The van der Waals surface area contributed by atoms with Crippen molar-refractivity contribution in [2.45, 2.75) is 32.1 Å². The first-order chi connectivity index (χ1) is 12.7. The summed E-state index contributed by atoms with van der Waals surface area (Å²) in [5.41, 5.74) is 1.76. The molecule has 27 heavy (non-hydrogen) atoms. The number of rotatable bonds is 8. The van der Waals surface area contributed by atoms with E-state index in [2.05, 4.69) is 10.0 Å². The van der Waals surface area contributed by atoms with E-state index < -0.39 is 15.9 Å². The molecule has 0 heterocycles. The fourth-order valence-corrected chi connectivity index (χ4v) is 3.58. The van der Waals surface area contributed by atoms with Crippen LogP contribution < -0.4 is 14.8 Å². The highest BCUT2D eigenvalue weighted by Gasteiger charge is 2.17. The maximum absolute atomic E-state index is 12.6. The Morgan fingerprint density at radius 3 is 2.56 bits per heavy atom. The van der Waals surface area contributed by atoms with Crippen molar-refractivity contribution in [1.82, 2.24) is 4.72 Å². The monoisotopic (exact) mass is 390 g/mol. The molecule has 2 aromatic carbocycles. The Hall–Kier alpha value is -2.38. The maximum atomic E-state index is 12.6. The largest absolute Gasteiger partial charge is 0.495 e. The zero-order valence-electron chi connectivity index (χ0n) is 16.1. The minimum absolute atomic E-state index is 0.0649. The molecule has 0 spiro atoms. The molecule has 0 radical (unpaired) electrons. The lowest BCUT2D eigenvalue weighted by Gasteiger charge is -2.12. The molecule has 0 aliphatic carbocycles. The van der Waals surface area contributed by atoms with Gasteiger partial charge in [-0.2, -0.15) is 0 Å². The summed E-state index contributed by atoms with van der Waals surface area (Å²) < 4.78 is 32.7. The van der Waals surface area contributed by atoms with Gasteiger partial charge in [-0.05, 0) is 55.2 Å². The molecule has 2 aromatic rings. The van der Waals surface area contributed by atoms with Crippen LogP contribution in [0.4, 0.5) is 5.69 Å². The Morgan fingerprint density at radius 2 is 1.89 bits per heavy atom. The fraction of sp³-hybridized carbons (Fsp3) is 0.350. The van der Waals surface area contributed by atoms with Gasteiger partial charge in [0.1, 0.15) is 5.75 Å². The lowest BCUT2D eigenvalue weighted by Crippen LogP contribution is -2.26. The van der Waals surface area contributed by atoms with Crippen LogP contribution in [-0.4, -0.2) is 28.0 Å². The number of benzene rings is 2. The summed E-state index contributed by atoms with van der Waals surface area (Å²) in [6.07, 6.45) is 0.743. The third-order valence-electron chi connectivity index (χ3n) is 4.02. The predicted octanol–water partition coefficient (Wildman–Crippen LogP) is 3.58. The number of amides is 1. The number of carbonyl (C=O) groups is 1. The van der Waals surface area contributed by atoms with Gasteiger partial charge < -0.3 is 10.1 Å². The predicted molar refractivity (Wildman–Crippen MR) is 107 cm³/mol. The maximum Gasteiger partial charge on any atom is 0.255 e. The summed E-state index contributed by atoms with van der Waals surface area (Å²) in [5, 5.41) is 2.78. The minimum Gasteiger partial charge on any atom is -0.495 e. The van der Waals surface area contributed by atoms with Crippen LogP contribution in [0.5, 0.6) is 5.75 Å². The van der Waals surface area contributed by atoms with E-state index in [1.807, 2.05) is 26.8 Å². The number of aryl methyl sites for hydroxylation is 1. The van der Waals surface area contributed by atoms with E-state index in [4.69, 9.17) is 4.74 Å². The van der Waals surface area contributed by atoms with Gasteiger partial charge in [-0.25, -0.2) is 13.1 Å². The zero-order chi connectivity index (χ0) is 20.0. The Balaban J connectivity index is 2.19. The first-order valence-electron chi connectivity index (χ1n) is 8.78. The molecule has 0 atom stereocenters. The number of hydrogen-bond acceptors (Lipinski definition) is 4. The van der Waals surface area contributed by atoms with E-state index in [0.717, 1.165) is 12.0 Å². The molecule has 2 N–H and O–H groups in total. The van der Waals surface area contributed by atoms with E-state index in [0.29, 0.717) is 23.9 Å². The van der Waals surface area contributed by atoms with Crippen LogP contribution >= 0.6 is 0 Å². The van der Waals surface area contributed by atoms with Crippen LogP contribution in [0.3, 0.4) is 0 Å². The van der Waals surface area contributed by atoms with Gasteiger partial charge in [-0.15, -0.1) is 0 Å². The third kappa shape index (κ3) is 5.80. The highest BCUT2D eigenvalue weighted by Crippen LogP contribution is 2.26. The van der Waals surface area contributed by atoms with Gasteiger partial charge in [0.15, 0.2) is 0 Å². The summed E-state index contributed by atoms with van der Waals surface area (Å²) >= 11 is 0. The molecule has 2 rings (SSSR count). The van der Waals surface area contributed by atoms with Crippen molar-refractivity contribution >= 4 is 21.6 Å². The average Bonchev–Trinajstić information content (AvgIpc) is 2.61. The molecule has 0 aromatic heterocycles. The molecule has 1 amide bonds. The summed E-state index contributed by atoms with van der Waals surface area (Å²) in [6, 6.07) is 11.4. The first-order valence-corrected chi connectivity index (χ1v) is 10.3. The van der Waals surface area contributed by atoms with Gasteiger partial charge in [0, 0.05) is 12.1 Å². The number of nitrogens with one attached hydrogen (secondary N) is 2. The minimum atomic E-state index is -3.66. The number of hydrogen-bond donors (Lipinski definition) is 2. The van der Waals surface area contributed by atoms with Crippen molar-refractivity contribution in [3.8, 4) is 5.75 Å². The smallest absolute Gasteiger partial charge is 0.255 e. The van der Waals surface area contributed by atoms with E-state index >= 15 is 0 Å². The number of methoxy groups -OCH3 is 1. The van der Waals surface area contributed by atoms with Crippen molar-refractivity contribution in [1.29, 1.82) is 0 Å². The fourth-order valence-electron chi connectivity index (χ4n) is 2.48. The van der Waals surface area contributed by atoms with Gasteiger partial charge in [0.2, 0.25) is 10.0 Å². The topological polar surface area (TPSA) is 84.5 Å². The van der Waals surface area contributed by atoms with Crippen LogP contribution in [0.25, 0.3) is 0 Å². The molecule has 0 aliphatic heterocycles. The van der Waals surface area contributed by atoms with Crippen molar-refractivity contribution in [2.24, 2.45) is 5.92 Å². The third-order valence-corrected chi connectivity index (χ3v) is 5.48. The number of carbonyl (C=O) groups excluding carboxylic acids is 1. The second kappa shape index (κ2) is 9.01. The molecular formula is C20H26N2O4S. The molecule has 0 aliphatic rings.